The van der Waals surface area contributed by atoms with Crippen LogP contribution in [0, 0.1) is 0 Å². The van der Waals surface area contributed by atoms with E-state index in [-0.39, 0.29) is 0 Å². The molecule has 122 valence electrons. The van der Waals surface area contributed by atoms with Crippen LogP contribution in [0.1, 0.15) is 24.1 Å². The van der Waals surface area contributed by atoms with Crippen molar-refractivity contribution in [2.75, 3.05) is 39.4 Å². The molecular weight excluding hydrogens is 306 g/mol. The van der Waals surface area contributed by atoms with Crippen LogP contribution < -0.4 is 0 Å². The van der Waals surface area contributed by atoms with E-state index in [0.29, 0.717) is 0 Å². The SMILES string of the molecule is S=C(c1ccc2[nH]c(CN3CCCC3)cc2c1)N1CCOCC1. The lowest BCUT2D eigenvalue weighted by Gasteiger charge is -2.29. The number of nitrogens with zero attached hydrogens (tertiary/aromatic N) is 2. The van der Waals surface area contributed by atoms with E-state index in [1.54, 1.807) is 0 Å². The number of H-pyrrole nitrogens is 1. The first kappa shape index (κ1) is 15.1. The molecule has 4 rings (SSSR count). The summed E-state index contributed by atoms with van der Waals surface area (Å²) in [6.45, 7) is 6.80. The van der Waals surface area contributed by atoms with Gasteiger partial charge in [0.2, 0.25) is 0 Å². The van der Waals surface area contributed by atoms with E-state index >= 15 is 0 Å². The molecule has 0 atom stereocenters. The molecule has 0 amide bonds. The van der Waals surface area contributed by atoms with E-state index in [1.807, 2.05) is 0 Å². The number of hydrogen-bond acceptors (Lipinski definition) is 3. The highest BCUT2D eigenvalue weighted by Gasteiger charge is 2.16. The predicted molar refractivity (Wildman–Crippen MR) is 96.9 cm³/mol. The first-order chi connectivity index (χ1) is 11.3. The van der Waals surface area contributed by atoms with Crippen LogP contribution in [-0.4, -0.2) is 59.2 Å². The standard InChI is InChI=1S/C18H23N3OS/c23-18(21-7-9-22-10-8-21)14-3-4-17-15(11-14)12-16(19-17)13-20-5-1-2-6-20/h3-4,11-12,19H,1-2,5-10,13H2. The van der Waals surface area contributed by atoms with Gasteiger partial charge in [-0.3, -0.25) is 4.90 Å². The van der Waals surface area contributed by atoms with Crippen LogP contribution in [0.25, 0.3) is 10.9 Å². The number of thiocarbonyl (C=S) groups is 1. The number of likely N-dealkylation sites (tertiary alicyclic amines) is 1. The lowest BCUT2D eigenvalue weighted by Crippen LogP contribution is -2.40. The molecule has 2 aliphatic heterocycles. The maximum Gasteiger partial charge on any atom is 0.109 e. The Morgan fingerprint density at radius 3 is 2.65 bits per heavy atom. The van der Waals surface area contributed by atoms with Crippen molar-refractivity contribution >= 4 is 28.1 Å². The zero-order chi connectivity index (χ0) is 15.6. The molecule has 5 heteroatoms. The van der Waals surface area contributed by atoms with Crippen molar-refractivity contribution < 1.29 is 4.74 Å². The Morgan fingerprint density at radius 1 is 1.09 bits per heavy atom. The summed E-state index contributed by atoms with van der Waals surface area (Å²) >= 11 is 5.68. The van der Waals surface area contributed by atoms with Crippen LogP contribution in [0.4, 0.5) is 0 Å². The summed E-state index contributed by atoms with van der Waals surface area (Å²) in [4.78, 5) is 9.26. The molecule has 2 aliphatic rings. The molecule has 4 nitrogen and oxygen atoms in total. The number of ether oxygens (including phenoxy) is 1. The van der Waals surface area contributed by atoms with Gasteiger partial charge < -0.3 is 14.6 Å². The maximum atomic E-state index is 5.68. The monoisotopic (exact) mass is 329 g/mol. The van der Waals surface area contributed by atoms with Crippen LogP contribution in [0.2, 0.25) is 0 Å². The number of nitrogens with one attached hydrogen (secondary N) is 1. The van der Waals surface area contributed by atoms with Crippen molar-refractivity contribution in [3.63, 3.8) is 0 Å². The fraction of sp³-hybridized carbons (Fsp3) is 0.500. The summed E-state index contributed by atoms with van der Waals surface area (Å²) in [5.74, 6) is 0. The van der Waals surface area contributed by atoms with E-state index in [1.165, 1.54) is 42.5 Å². The van der Waals surface area contributed by atoms with Crippen LogP contribution >= 0.6 is 12.2 Å². The minimum atomic E-state index is 0.770. The average molecular weight is 329 g/mol. The number of aromatic nitrogens is 1. The summed E-state index contributed by atoms with van der Waals surface area (Å²) < 4.78 is 5.41. The molecule has 0 spiro atoms. The van der Waals surface area contributed by atoms with Gasteiger partial charge in [-0.1, -0.05) is 12.2 Å². The number of rotatable bonds is 3. The quantitative estimate of drug-likeness (QED) is 0.878. The average Bonchev–Trinajstić information content (AvgIpc) is 3.23. The molecule has 2 saturated heterocycles. The number of aromatic amines is 1. The third-order valence-electron chi connectivity index (χ3n) is 4.81. The molecular formula is C18H23N3OS. The second-order valence-electron chi connectivity index (χ2n) is 6.48. The van der Waals surface area contributed by atoms with Gasteiger partial charge in [0.1, 0.15) is 4.99 Å². The molecule has 2 aromatic rings. The van der Waals surface area contributed by atoms with E-state index in [9.17, 15) is 0 Å². The normalized spacial score (nSPS) is 19.6. The molecule has 0 unspecified atom stereocenters. The Hall–Kier alpha value is -1.43. The van der Waals surface area contributed by atoms with Gasteiger partial charge in [-0.25, -0.2) is 0 Å². The summed E-state index contributed by atoms with van der Waals surface area (Å²) in [7, 11) is 0. The first-order valence-electron chi connectivity index (χ1n) is 8.51. The molecule has 1 aromatic heterocycles. The zero-order valence-electron chi connectivity index (χ0n) is 13.4. The summed E-state index contributed by atoms with van der Waals surface area (Å²) in [5.41, 5.74) is 3.64. The first-order valence-corrected chi connectivity index (χ1v) is 8.91. The third kappa shape index (κ3) is 3.27. The topological polar surface area (TPSA) is 31.5 Å². The molecule has 1 N–H and O–H groups in total. The van der Waals surface area contributed by atoms with Crippen molar-refractivity contribution in [2.24, 2.45) is 0 Å². The van der Waals surface area contributed by atoms with Gasteiger partial charge in [-0.2, -0.15) is 0 Å². The Bertz CT molecular complexity index is 699. The molecule has 0 radical (unpaired) electrons. The highest BCUT2D eigenvalue weighted by atomic mass is 32.1. The molecule has 2 fully saturated rings. The Kier molecular flexibility index (Phi) is 4.33. The Labute approximate surface area is 142 Å². The molecule has 0 aliphatic carbocycles. The molecule has 1 aromatic carbocycles. The van der Waals surface area contributed by atoms with Crippen molar-refractivity contribution in [3.05, 3.63) is 35.5 Å². The molecule has 0 saturated carbocycles. The fourth-order valence-electron chi connectivity index (χ4n) is 3.54. The van der Waals surface area contributed by atoms with Gasteiger partial charge in [0, 0.05) is 41.8 Å². The highest BCUT2D eigenvalue weighted by Crippen LogP contribution is 2.21. The number of hydrogen-bond donors (Lipinski definition) is 1. The van der Waals surface area contributed by atoms with Gasteiger partial charge in [0.15, 0.2) is 0 Å². The van der Waals surface area contributed by atoms with E-state index in [4.69, 9.17) is 17.0 Å². The van der Waals surface area contributed by atoms with Gasteiger partial charge in [-0.15, -0.1) is 0 Å². The number of morpholine rings is 1. The van der Waals surface area contributed by atoms with Crippen molar-refractivity contribution in [1.29, 1.82) is 0 Å². The molecule has 0 bridgehead atoms. The molecule has 23 heavy (non-hydrogen) atoms. The van der Waals surface area contributed by atoms with E-state index < -0.39 is 0 Å². The van der Waals surface area contributed by atoms with Gasteiger partial charge in [0.25, 0.3) is 0 Å². The van der Waals surface area contributed by atoms with Gasteiger partial charge in [0.05, 0.1) is 13.2 Å². The number of fused-ring (bicyclic) bond motifs is 1. The maximum absolute atomic E-state index is 5.68. The van der Waals surface area contributed by atoms with E-state index in [2.05, 4.69) is 39.0 Å². The number of benzene rings is 1. The summed E-state index contributed by atoms with van der Waals surface area (Å²) in [5, 5.41) is 1.26. The summed E-state index contributed by atoms with van der Waals surface area (Å²) in [6.07, 6.45) is 2.66. The smallest absolute Gasteiger partial charge is 0.109 e. The van der Waals surface area contributed by atoms with Crippen LogP contribution in [0.3, 0.4) is 0 Å². The van der Waals surface area contributed by atoms with Gasteiger partial charge in [-0.05, 0) is 50.2 Å². The lowest BCUT2D eigenvalue weighted by atomic mass is 10.1. The fourth-order valence-corrected chi connectivity index (χ4v) is 3.85. The van der Waals surface area contributed by atoms with Crippen molar-refractivity contribution in [2.45, 2.75) is 19.4 Å². The highest BCUT2D eigenvalue weighted by molar-refractivity contribution is 7.80. The molecule has 3 heterocycles. The second-order valence-corrected chi connectivity index (χ2v) is 6.87. The predicted octanol–water partition coefficient (Wildman–Crippen LogP) is 2.77. The van der Waals surface area contributed by atoms with Crippen LogP contribution in [0.5, 0.6) is 0 Å². The van der Waals surface area contributed by atoms with Crippen LogP contribution in [-0.2, 0) is 11.3 Å². The minimum Gasteiger partial charge on any atom is -0.378 e. The van der Waals surface area contributed by atoms with Gasteiger partial charge >= 0.3 is 0 Å². The largest absolute Gasteiger partial charge is 0.378 e. The van der Waals surface area contributed by atoms with Crippen molar-refractivity contribution in [1.82, 2.24) is 14.8 Å². The third-order valence-corrected chi connectivity index (χ3v) is 5.31. The minimum absolute atomic E-state index is 0.770. The van der Waals surface area contributed by atoms with Crippen LogP contribution in [0.15, 0.2) is 24.3 Å². The second kappa shape index (κ2) is 6.59. The van der Waals surface area contributed by atoms with Crippen molar-refractivity contribution in [3.8, 4) is 0 Å². The Morgan fingerprint density at radius 2 is 1.87 bits per heavy atom. The zero-order valence-corrected chi connectivity index (χ0v) is 14.2. The van der Waals surface area contributed by atoms with E-state index in [0.717, 1.165) is 43.4 Å². The Balaban J connectivity index is 1.53. The lowest BCUT2D eigenvalue weighted by molar-refractivity contribution is 0.0693. The summed E-state index contributed by atoms with van der Waals surface area (Å²) in [6, 6.07) is 8.79.